The van der Waals surface area contributed by atoms with Gasteiger partial charge in [-0.25, -0.2) is 4.98 Å². The molecule has 0 aromatic carbocycles. The molecule has 0 unspecified atom stereocenters. The van der Waals surface area contributed by atoms with Crippen molar-refractivity contribution >= 4 is 11.8 Å². The third kappa shape index (κ3) is 3.80. The second-order valence-electron chi connectivity index (χ2n) is 5.37. The minimum atomic E-state index is 0.0293. The van der Waals surface area contributed by atoms with Crippen LogP contribution in [-0.4, -0.2) is 34.8 Å². The zero-order valence-electron chi connectivity index (χ0n) is 11.7. The number of aliphatic hydroxyl groups is 1. The Balaban J connectivity index is 1.94. The molecule has 1 aromatic heterocycles. The van der Waals surface area contributed by atoms with Crippen LogP contribution in [0.25, 0.3) is 0 Å². The lowest BCUT2D eigenvalue weighted by atomic mass is 9.74. The van der Waals surface area contributed by atoms with Crippen molar-refractivity contribution in [2.24, 2.45) is 5.41 Å². The Morgan fingerprint density at radius 2 is 2.05 bits per heavy atom. The van der Waals surface area contributed by atoms with Crippen molar-refractivity contribution in [3.8, 4) is 0 Å². The molecule has 5 nitrogen and oxygen atoms in total. The van der Waals surface area contributed by atoms with Gasteiger partial charge in [-0.1, -0.05) is 19.3 Å². The standard InChI is InChI=1S/C14H24N4O/c1-2-15-13-16-9-6-12(18-13)17-10-14(11-19)7-4-3-5-8-14/h6,9,19H,2-5,7-8,10-11H2,1H3,(H2,15,16,17,18). The van der Waals surface area contributed by atoms with E-state index in [9.17, 15) is 5.11 Å². The Morgan fingerprint density at radius 3 is 2.74 bits per heavy atom. The van der Waals surface area contributed by atoms with Crippen molar-refractivity contribution in [1.29, 1.82) is 0 Å². The summed E-state index contributed by atoms with van der Waals surface area (Å²) in [6, 6.07) is 1.87. The van der Waals surface area contributed by atoms with Gasteiger partial charge in [-0.3, -0.25) is 0 Å². The molecule has 106 valence electrons. The smallest absolute Gasteiger partial charge is 0.224 e. The number of aromatic nitrogens is 2. The van der Waals surface area contributed by atoms with Crippen LogP contribution in [0, 0.1) is 5.41 Å². The molecule has 1 fully saturated rings. The van der Waals surface area contributed by atoms with E-state index in [1.165, 1.54) is 19.3 Å². The zero-order valence-corrected chi connectivity index (χ0v) is 11.7. The van der Waals surface area contributed by atoms with E-state index in [0.29, 0.717) is 5.95 Å². The molecule has 0 aliphatic heterocycles. The minimum absolute atomic E-state index is 0.0293. The van der Waals surface area contributed by atoms with Gasteiger partial charge in [-0.05, 0) is 25.8 Å². The average Bonchev–Trinajstić information content (AvgIpc) is 2.47. The molecule has 1 aromatic rings. The van der Waals surface area contributed by atoms with Crippen LogP contribution in [0.4, 0.5) is 11.8 Å². The van der Waals surface area contributed by atoms with Gasteiger partial charge in [0.25, 0.3) is 0 Å². The third-order valence-corrected chi connectivity index (χ3v) is 3.88. The molecule has 1 aliphatic rings. The Morgan fingerprint density at radius 1 is 1.26 bits per heavy atom. The second-order valence-corrected chi connectivity index (χ2v) is 5.37. The molecular weight excluding hydrogens is 240 g/mol. The predicted molar refractivity (Wildman–Crippen MR) is 77.3 cm³/mol. The van der Waals surface area contributed by atoms with Crippen LogP contribution in [0.2, 0.25) is 0 Å². The summed E-state index contributed by atoms with van der Waals surface area (Å²) in [5, 5.41) is 16.1. The summed E-state index contributed by atoms with van der Waals surface area (Å²) in [6.07, 6.45) is 7.67. The fourth-order valence-corrected chi connectivity index (χ4v) is 2.67. The maximum Gasteiger partial charge on any atom is 0.224 e. The average molecular weight is 264 g/mol. The van der Waals surface area contributed by atoms with Gasteiger partial charge >= 0.3 is 0 Å². The topological polar surface area (TPSA) is 70.1 Å². The van der Waals surface area contributed by atoms with E-state index in [1.54, 1.807) is 6.20 Å². The summed E-state index contributed by atoms with van der Waals surface area (Å²) in [6.45, 7) is 3.87. The van der Waals surface area contributed by atoms with Crippen LogP contribution in [0.3, 0.4) is 0 Å². The first kappa shape index (κ1) is 14.1. The highest BCUT2D eigenvalue weighted by atomic mass is 16.3. The lowest BCUT2D eigenvalue weighted by Gasteiger charge is -2.35. The summed E-state index contributed by atoms with van der Waals surface area (Å²) in [4.78, 5) is 8.55. The number of nitrogens with one attached hydrogen (secondary N) is 2. The van der Waals surface area contributed by atoms with Crippen LogP contribution in [0.1, 0.15) is 39.0 Å². The number of rotatable bonds is 6. The van der Waals surface area contributed by atoms with Crippen molar-refractivity contribution in [2.45, 2.75) is 39.0 Å². The van der Waals surface area contributed by atoms with Gasteiger partial charge in [0, 0.05) is 24.7 Å². The summed E-state index contributed by atoms with van der Waals surface area (Å²) >= 11 is 0. The first-order chi connectivity index (χ1) is 9.28. The Labute approximate surface area is 114 Å². The van der Waals surface area contributed by atoms with E-state index >= 15 is 0 Å². The number of nitrogens with zero attached hydrogens (tertiary/aromatic N) is 2. The fourth-order valence-electron chi connectivity index (χ4n) is 2.67. The molecule has 0 spiro atoms. The fraction of sp³-hybridized carbons (Fsp3) is 0.714. The normalized spacial score (nSPS) is 18.0. The van der Waals surface area contributed by atoms with Crippen molar-refractivity contribution in [3.63, 3.8) is 0 Å². The highest BCUT2D eigenvalue weighted by Gasteiger charge is 2.31. The number of hydrogen-bond acceptors (Lipinski definition) is 5. The predicted octanol–water partition coefficient (Wildman–Crippen LogP) is 2.26. The molecule has 0 saturated heterocycles. The van der Waals surface area contributed by atoms with E-state index in [2.05, 4.69) is 20.6 Å². The van der Waals surface area contributed by atoms with Gasteiger partial charge in [-0.15, -0.1) is 0 Å². The lowest BCUT2D eigenvalue weighted by Crippen LogP contribution is -2.35. The molecular formula is C14H24N4O. The van der Waals surface area contributed by atoms with Crippen LogP contribution >= 0.6 is 0 Å². The highest BCUT2D eigenvalue weighted by molar-refractivity contribution is 5.39. The highest BCUT2D eigenvalue weighted by Crippen LogP contribution is 2.35. The number of anilines is 2. The number of hydrogen-bond donors (Lipinski definition) is 3. The summed E-state index contributed by atoms with van der Waals surface area (Å²) < 4.78 is 0. The lowest BCUT2D eigenvalue weighted by molar-refractivity contribution is 0.0943. The van der Waals surface area contributed by atoms with Crippen molar-refractivity contribution < 1.29 is 5.11 Å². The first-order valence-electron chi connectivity index (χ1n) is 7.20. The van der Waals surface area contributed by atoms with Gasteiger partial charge in [0.2, 0.25) is 5.95 Å². The van der Waals surface area contributed by atoms with Crippen LogP contribution in [-0.2, 0) is 0 Å². The molecule has 3 N–H and O–H groups in total. The van der Waals surface area contributed by atoms with Gasteiger partial charge in [0.1, 0.15) is 5.82 Å². The Bertz CT molecular complexity index is 391. The quantitative estimate of drug-likeness (QED) is 0.735. The van der Waals surface area contributed by atoms with Crippen molar-refractivity contribution in [2.75, 3.05) is 30.3 Å². The molecule has 0 atom stereocenters. The SMILES string of the molecule is CCNc1nccc(NCC2(CO)CCCCC2)n1. The van der Waals surface area contributed by atoms with Gasteiger partial charge < -0.3 is 15.7 Å². The Kier molecular flexibility index (Phi) is 4.96. The monoisotopic (exact) mass is 264 g/mol. The van der Waals surface area contributed by atoms with E-state index in [0.717, 1.165) is 31.7 Å². The molecule has 0 amide bonds. The summed E-state index contributed by atoms with van der Waals surface area (Å²) in [5.74, 6) is 1.47. The molecule has 0 bridgehead atoms. The summed E-state index contributed by atoms with van der Waals surface area (Å²) in [5.41, 5.74) is 0.0293. The first-order valence-corrected chi connectivity index (χ1v) is 7.20. The Hall–Kier alpha value is -1.36. The van der Waals surface area contributed by atoms with Gasteiger partial charge in [0.15, 0.2) is 0 Å². The van der Waals surface area contributed by atoms with Crippen molar-refractivity contribution in [3.05, 3.63) is 12.3 Å². The molecule has 5 heteroatoms. The van der Waals surface area contributed by atoms with Gasteiger partial charge in [0.05, 0.1) is 6.61 Å². The van der Waals surface area contributed by atoms with Gasteiger partial charge in [-0.2, -0.15) is 4.98 Å². The molecule has 1 heterocycles. The van der Waals surface area contributed by atoms with E-state index < -0.39 is 0 Å². The largest absolute Gasteiger partial charge is 0.396 e. The minimum Gasteiger partial charge on any atom is -0.396 e. The molecule has 1 saturated carbocycles. The molecule has 2 rings (SSSR count). The molecule has 0 radical (unpaired) electrons. The van der Waals surface area contributed by atoms with E-state index in [-0.39, 0.29) is 12.0 Å². The van der Waals surface area contributed by atoms with Crippen LogP contribution in [0.5, 0.6) is 0 Å². The molecule has 1 aliphatic carbocycles. The summed E-state index contributed by atoms with van der Waals surface area (Å²) in [7, 11) is 0. The maximum atomic E-state index is 9.67. The van der Waals surface area contributed by atoms with Crippen molar-refractivity contribution in [1.82, 2.24) is 9.97 Å². The van der Waals surface area contributed by atoms with Crippen LogP contribution < -0.4 is 10.6 Å². The molecule has 19 heavy (non-hydrogen) atoms. The van der Waals surface area contributed by atoms with E-state index in [4.69, 9.17) is 0 Å². The van der Waals surface area contributed by atoms with Crippen LogP contribution in [0.15, 0.2) is 12.3 Å². The number of aliphatic hydroxyl groups excluding tert-OH is 1. The zero-order chi connectivity index (χ0) is 13.6. The second kappa shape index (κ2) is 6.70. The third-order valence-electron chi connectivity index (χ3n) is 3.88. The maximum absolute atomic E-state index is 9.67. The van der Waals surface area contributed by atoms with E-state index in [1.807, 2.05) is 13.0 Å².